The van der Waals surface area contributed by atoms with E-state index < -0.39 is 22.7 Å². The van der Waals surface area contributed by atoms with Gasteiger partial charge in [-0.3, -0.25) is 10.1 Å². The summed E-state index contributed by atoms with van der Waals surface area (Å²) in [5, 5.41) is 14.8. The number of anilines is 1. The number of nitrogens with zero attached hydrogens (tertiary/aromatic N) is 1. The lowest BCUT2D eigenvalue weighted by atomic mass is 9.75. The van der Waals surface area contributed by atoms with E-state index in [1.807, 2.05) is 12.2 Å². The Balaban J connectivity index is 1.90. The van der Waals surface area contributed by atoms with Gasteiger partial charge in [-0.1, -0.05) is 42.0 Å². The first kappa shape index (κ1) is 17.9. The molecule has 4 nitrogen and oxygen atoms in total. The number of rotatable bonds is 2. The number of nitro groups is 1. The fourth-order valence-electron chi connectivity index (χ4n) is 4.15. The molecule has 4 rings (SSSR count). The zero-order chi connectivity index (χ0) is 19.3. The van der Waals surface area contributed by atoms with Gasteiger partial charge in [0.1, 0.15) is 0 Å². The average Bonchev–Trinajstić information content (AvgIpc) is 3.10. The summed E-state index contributed by atoms with van der Waals surface area (Å²) in [5.74, 6) is -0.634. The van der Waals surface area contributed by atoms with Crippen molar-refractivity contribution >= 4 is 23.0 Å². The number of nitro benzene ring substituents is 1. The van der Waals surface area contributed by atoms with Gasteiger partial charge in [-0.2, -0.15) is 13.2 Å². The van der Waals surface area contributed by atoms with E-state index in [2.05, 4.69) is 5.32 Å². The fraction of sp³-hybridized carbons (Fsp3) is 0.263. The molecule has 2 aromatic rings. The molecule has 140 valence electrons. The van der Waals surface area contributed by atoms with E-state index in [-0.39, 0.29) is 28.1 Å². The molecule has 2 aromatic carbocycles. The van der Waals surface area contributed by atoms with Crippen molar-refractivity contribution in [3.8, 4) is 0 Å². The minimum Gasteiger partial charge on any atom is -0.376 e. The summed E-state index contributed by atoms with van der Waals surface area (Å²) in [4.78, 5) is 11.0. The van der Waals surface area contributed by atoms with Gasteiger partial charge in [-0.15, -0.1) is 0 Å². The molecule has 1 aliphatic heterocycles. The number of hydrogen-bond donors (Lipinski definition) is 1. The van der Waals surface area contributed by atoms with Crippen LogP contribution in [-0.4, -0.2) is 4.92 Å². The maximum Gasteiger partial charge on any atom is 0.416 e. The summed E-state index contributed by atoms with van der Waals surface area (Å²) >= 11 is 6.26. The molecule has 0 spiro atoms. The van der Waals surface area contributed by atoms with Crippen molar-refractivity contribution in [2.75, 3.05) is 5.32 Å². The van der Waals surface area contributed by atoms with Crippen LogP contribution in [0.2, 0.25) is 5.02 Å². The lowest BCUT2D eigenvalue weighted by molar-refractivity contribution is -0.385. The normalized spacial score (nSPS) is 23.5. The van der Waals surface area contributed by atoms with Crippen LogP contribution in [0.1, 0.15) is 35.1 Å². The molecule has 0 amide bonds. The van der Waals surface area contributed by atoms with Gasteiger partial charge in [0.15, 0.2) is 0 Å². The third-order valence-electron chi connectivity index (χ3n) is 5.24. The fourth-order valence-corrected chi connectivity index (χ4v) is 4.37. The molecule has 3 atom stereocenters. The first-order valence-electron chi connectivity index (χ1n) is 8.35. The van der Waals surface area contributed by atoms with Crippen molar-refractivity contribution in [2.45, 2.75) is 24.6 Å². The van der Waals surface area contributed by atoms with Crippen LogP contribution in [0.3, 0.4) is 0 Å². The third kappa shape index (κ3) is 2.86. The smallest absolute Gasteiger partial charge is 0.376 e. The Kier molecular flexibility index (Phi) is 4.14. The van der Waals surface area contributed by atoms with Crippen LogP contribution in [0.4, 0.5) is 24.5 Å². The molecule has 1 N–H and O–H groups in total. The number of halogens is 4. The second-order valence-corrected chi connectivity index (χ2v) is 7.08. The number of benzene rings is 2. The largest absolute Gasteiger partial charge is 0.416 e. The Labute approximate surface area is 157 Å². The van der Waals surface area contributed by atoms with Gasteiger partial charge in [0, 0.05) is 12.0 Å². The Morgan fingerprint density at radius 2 is 1.93 bits per heavy atom. The monoisotopic (exact) mass is 394 g/mol. The van der Waals surface area contributed by atoms with E-state index in [1.54, 1.807) is 6.07 Å². The summed E-state index contributed by atoms with van der Waals surface area (Å²) in [7, 11) is 0. The summed E-state index contributed by atoms with van der Waals surface area (Å²) in [6.07, 6.45) is -0.277. The molecule has 0 radical (unpaired) electrons. The van der Waals surface area contributed by atoms with Crippen molar-refractivity contribution < 1.29 is 18.1 Å². The Morgan fingerprint density at radius 3 is 2.63 bits per heavy atom. The maximum absolute atomic E-state index is 13.5. The predicted molar refractivity (Wildman–Crippen MR) is 95.9 cm³/mol. The number of nitrogens with one attached hydrogen (secondary N) is 1. The first-order chi connectivity index (χ1) is 12.8. The van der Waals surface area contributed by atoms with Gasteiger partial charge in [0.2, 0.25) is 0 Å². The highest BCUT2D eigenvalue weighted by Crippen LogP contribution is 2.55. The first-order valence-corrected chi connectivity index (χ1v) is 8.73. The molecule has 1 heterocycles. The topological polar surface area (TPSA) is 55.2 Å². The van der Waals surface area contributed by atoms with E-state index in [9.17, 15) is 23.3 Å². The van der Waals surface area contributed by atoms with Crippen molar-refractivity contribution in [1.82, 2.24) is 0 Å². The molecule has 1 aliphatic carbocycles. The van der Waals surface area contributed by atoms with E-state index >= 15 is 0 Å². The van der Waals surface area contributed by atoms with Gasteiger partial charge in [-0.05, 0) is 30.0 Å². The van der Waals surface area contributed by atoms with E-state index in [0.717, 1.165) is 6.07 Å². The van der Waals surface area contributed by atoms with Crippen LogP contribution in [-0.2, 0) is 6.18 Å². The maximum atomic E-state index is 13.5. The van der Waals surface area contributed by atoms with Crippen LogP contribution in [0.15, 0.2) is 48.6 Å². The third-order valence-corrected chi connectivity index (χ3v) is 5.56. The van der Waals surface area contributed by atoms with Crippen LogP contribution in [0.25, 0.3) is 0 Å². The van der Waals surface area contributed by atoms with Crippen LogP contribution < -0.4 is 5.32 Å². The second kappa shape index (κ2) is 6.27. The van der Waals surface area contributed by atoms with Crippen molar-refractivity contribution in [2.24, 2.45) is 5.92 Å². The van der Waals surface area contributed by atoms with Gasteiger partial charge in [0.05, 0.1) is 32.8 Å². The quantitative estimate of drug-likeness (QED) is 0.380. The molecule has 0 aromatic heterocycles. The number of alkyl halides is 3. The molecule has 0 bridgehead atoms. The van der Waals surface area contributed by atoms with Gasteiger partial charge < -0.3 is 5.32 Å². The molecule has 0 saturated carbocycles. The number of hydrogen-bond acceptors (Lipinski definition) is 3. The molecule has 2 aliphatic rings. The lowest BCUT2D eigenvalue weighted by Crippen LogP contribution is -2.31. The summed E-state index contributed by atoms with van der Waals surface area (Å²) in [6, 6.07) is 7.51. The highest BCUT2D eigenvalue weighted by molar-refractivity contribution is 6.33. The minimum atomic E-state index is -4.49. The SMILES string of the molecule is O=[N+]([O-])c1ccc(Cl)c2c1[C@@H]1C=CC[C@@H]1[C@H](c1ccccc1C(F)(F)F)N2. The molecule has 27 heavy (non-hydrogen) atoms. The van der Waals surface area contributed by atoms with Gasteiger partial charge >= 0.3 is 6.18 Å². The molecule has 0 saturated heterocycles. The van der Waals surface area contributed by atoms with Crippen molar-refractivity contribution in [3.05, 3.63) is 80.4 Å². The van der Waals surface area contributed by atoms with Gasteiger partial charge in [-0.25, -0.2) is 0 Å². The van der Waals surface area contributed by atoms with E-state index in [4.69, 9.17) is 11.6 Å². The van der Waals surface area contributed by atoms with Crippen molar-refractivity contribution in [1.29, 1.82) is 0 Å². The van der Waals surface area contributed by atoms with Gasteiger partial charge in [0.25, 0.3) is 5.69 Å². The highest BCUT2D eigenvalue weighted by atomic mass is 35.5. The van der Waals surface area contributed by atoms with Crippen LogP contribution in [0, 0.1) is 16.0 Å². The summed E-state index contributed by atoms with van der Waals surface area (Å²) in [6.45, 7) is 0. The predicted octanol–water partition coefficient (Wildman–Crippen LogP) is 6.09. The Bertz CT molecular complexity index is 958. The van der Waals surface area contributed by atoms with Crippen molar-refractivity contribution in [3.63, 3.8) is 0 Å². The number of fused-ring (bicyclic) bond motifs is 3. The van der Waals surface area contributed by atoms with E-state index in [0.29, 0.717) is 17.7 Å². The standard InChI is InChI=1S/C19H14ClF3N2O2/c20-14-8-9-15(25(26)27)16-10-5-3-6-11(10)17(24-18(14)16)12-4-1-2-7-13(12)19(21,22)23/h1-5,7-11,17,24H,6H2/t10-,11+,17-/m1/s1. The second-order valence-electron chi connectivity index (χ2n) is 6.67. The molecule has 8 heteroatoms. The summed E-state index contributed by atoms with van der Waals surface area (Å²) in [5.41, 5.74) is 0.105. The Hall–Kier alpha value is -2.54. The van der Waals surface area contributed by atoms with E-state index in [1.165, 1.54) is 24.3 Å². The van der Waals surface area contributed by atoms with Crippen LogP contribution in [0.5, 0.6) is 0 Å². The summed E-state index contributed by atoms with van der Waals surface area (Å²) < 4.78 is 40.6. The minimum absolute atomic E-state index is 0.0778. The van der Waals surface area contributed by atoms with Crippen LogP contribution >= 0.6 is 11.6 Å². The average molecular weight is 395 g/mol. The molecule has 0 unspecified atom stereocenters. The zero-order valence-electron chi connectivity index (χ0n) is 13.8. The highest BCUT2D eigenvalue weighted by Gasteiger charge is 2.45. The Morgan fingerprint density at radius 1 is 1.19 bits per heavy atom. The number of allylic oxidation sites excluding steroid dienone is 2. The molecule has 0 fully saturated rings. The molecular weight excluding hydrogens is 381 g/mol. The lowest BCUT2D eigenvalue weighted by Gasteiger charge is -2.38. The zero-order valence-corrected chi connectivity index (χ0v) is 14.6. The molecular formula is C19H14ClF3N2O2.